The average Bonchev–Trinajstić information content (AvgIpc) is 3.23. The molecule has 4 rings (SSSR count). The maximum Gasteiger partial charge on any atom is 0.255 e. The number of allylic oxidation sites excluding steroid dienone is 1. The number of anilines is 1. The van der Waals surface area contributed by atoms with Crippen molar-refractivity contribution in [2.75, 3.05) is 5.32 Å². The molecule has 0 saturated carbocycles. The third kappa shape index (κ3) is 3.09. The molecule has 3 aromatic rings. The standard InChI is InChI=1S/C22H17NO3/c1-14-4-2-5-17(10-14)23-22(25)16-8-7-15-12-21(24)20(19(15)11-16)13-18-6-3-9-26-18/h2-11,13H,12H2,1H3,(H,23,25)/b20-13-. The second kappa shape index (κ2) is 6.48. The van der Waals surface area contributed by atoms with E-state index in [1.54, 1.807) is 36.6 Å². The summed E-state index contributed by atoms with van der Waals surface area (Å²) in [7, 11) is 0. The molecular weight excluding hydrogens is 326 g/mol. The largest absolute Gasteiger partial charge is 0.465 e. The summed E-state index contributed by atoms with van der Waals surface area (Å²) in [6, 6.07) is 16.6. The number of carbonyl (C=O) groups excluding carboxylic acids is 2. The first-order chi connectivity index (χ1) is 12.6. The van der Waals surface area contributed by atoms with Gasteiger partial charge in [-0.15, -0.1) is 0 Å². The van der Waals surface area contributed by atoms with Gasteiger partial charge in [-0.25, -0.2) is 0 Å². The quantitative estimate of drug-likeness (QED) is 0.712. The van der Waals surface area contributed by atoms with Gasteiger partial charge in [0.25, 0.3) is 5.91 Å². The van der Waals surface area contributed by atoms with Crippen LogP contribution in [0.1, 0.15) is 32.8 Å². The van der Waals surface area contributed by atoms with Crippen molar-refractivity contribution in [1.29, 1.82) is 0 Å². The van der Waals surface area contributed by atoms with Gasteiger partial charge in [0.15, 0.2) is 5.78 Å². The molecule has 1 heterocycles. The van der Waals surface area contributed by atoms with E-state index in [1.807, 2.05) is 37.3 Å². The van der Waals surface area contributed by atoms with Crippen LogP contribution >= 0.6 is 0 Å². The molecule has 0 radical (unpaired) electrons. The number of hydrogen-bond donors (Lipinski definition) is 1. The lowest BCUT2D eigenvalue weighted by molar-refractivity contribution is -0.112. The fourth-order valence-electron chi connectivity index (χ4n) is 3.14. The monoisotopic (exact) mass is 343 g/mol. The van der Waals surface area contributed by atoms with Crippen molar-refractivity contribution in [3.63, 3.8) is 0 Å². The highest BCUT2D eigenvalue weighted by Gasteiger charge is 2.26. The molecular formula is C22H17NO3. The predicted octanol–water partition coefficient (Wildman–Crippen LogP) is 4.51. The van der Waals surface area contributed by atoms with Crippen molar-refractivity contribution in [3.05, 3.63) is 88.9 Å². The number of benzene rings is 2. The molecule has 128 valence electrons. The first-order valence-corrected chi connectivity index (χ1v) is 8.40. The van der Waals surface area contributed by atoms with Gasteiger partial charge in [-0.2, -0.15) is 0 Å². The molecule has 0 bridgehead atoms. The Kier molecular flexibility index (Phi) is 4.01. The van der Waals surface area contributed by atoms with E-state index >= 15 is 0 Å². The molecule has 4 heteroatoms. The number of hydrogen-bond acceptors (Lipinski definition) is 3. The van der Waals surface area contributed by atoms with E-state index in [0.717, 1.165) is 22.4 Å². The van der Waals surface area contributed by atoms with Gasteiger partial charge in [0.05, 0.1) is 6.26 Å². The number of Topliss-reactive ketones (excluding diaryl/α,β-unsaturated/α-hetero) is 1. The third-order valence-corrected chi connectivity index (χ3v) is 4.42. The highest BCUT2D eigenvalue weighted by Crippen LogP contribution is 2.32. The van der Waals surface area contributed by atoms with E-state index < -0.39 is 0 Å². The Morgan fingerprint density at radius 3 is 2.77 bits per heavy atom. The maximum absolute atomic E-state index is 12.6. The maximum atomic E-state index is 12.6. The Morgan fingerprint density at radius 1 is 1.12 bits per heavy atom. The minimum absolute atomic E-state index is 0.0349. The second-order valence-corrected chi connectivity index (χ2v) is 6.37. The van der Waals surface area contributed by atoms with Gasteiger partial charge in [-0.1, -0.05) is 18.2 Å². The highest BCUT2D eigenvalue weighted by molar-refractivity contribution is 6.29. The molecule has 2 aromatic carbocycles. The number of furan rings is 1. The molecule has 1 N–H and O–H groups in total. The summed E-state index contributed by atoms with van der Waals surface area (Å²) >= 11 is 0. The van der Waals surface area contributed by atoms with E-state index in [0.29, 0.717) is 23.3 Å². The van der Waals surface area contributed by atoms with Crippen molar-refractivity contribution in [1.82, 2.24) is 0 Å². The van der Waals surface area contributed by atoms with Gasteiger partial charge in [0, 0.05) is 23.2 Å². The second-order valence-electron chi connectivity index (χ2n) is 6.37. The molecule has 1 amide bonds. The molecule has 4 nitrogen and oxygen atoms in total. The molecule has 0 unspecified atom stereocenters. The van der Waals surface area contributed by atoms with Crippen LogP contribution in [-0.4, -0.2) is 11.7 Å². The summed E-state index contributed by atoms with van der Waals surface area (Å²) < 4.78 is 5.32. The van der Waals surface area contributed by atoms with Crippen LogP contribution in [0.2, 0.25) is 0 Å². The molecule has 0 aliphatic heterocycles. The smallest absolute Gasteiger partial charge is 0.255 e. The van der Waals surface area contributed by atoms with Crippen LogP contribution in [0.5, 0.6) is 0 Å². The van der Waals surface area contributed by atoms with Gasteiger partial charge in [-0.3, -0.25) is 9.59 Å². The van der Waals surface area contributed by atoms with Crippen LogP contribution in [0.15, 0.2) is 65.3 Å². The Bertz CT molecular complexity index is 1030. The number of amides is 1. The summed E-state index contributed by atoms with van der Waals surface area (Å²) in [4.78, 5) is 25.0. The Hall–Kier alpha value is -3.40. The molecule has 0 atom stereocenters. The molecule has 1 aliphatic rings. The zero-order valence-corrected chi connectivity index (χ0v) is 14.3. The van der Waals surface area contributed by atoms with Crippen LogP contribution in [-0.2, 0) is 11.2 Å². The van der Waals surface area contributed by atoms with Crippen molar-refractivity contribution in [2.24, 2.45) is 0 Å². The molecule has 0 saturated heterocycles. The summed E-state index contributed by atoms with van der Waals surface area (Å²) in [6.07, 6.45) is 3.65. The summed E-state index contributed by atoms with van der Waals surface area (Å²) in [5.74, 6) is 0.457. The normalized spacial score (nSPS) is 14.5. The van der Waals surface area contributed by atoms with Gasteiger partial charge in [0.1, 0.15) is 5.76 Å². The molecule has 1 aliphatic carbocycles. The summed E-state index contributed by atoms with van der Waals surface area (Å²) in [5.41, 5.74) is 4.65. The van der Waals surface area contributed by atoms with Gasteiger partial charge < -0.3 is 9.73 Å². The zero-order valence-electron chi connectivity index (χ0n) is 14.3. The minimum atomic E-state index is -0.199. The van der Waals surface area contributed by atoms with Crippen molar-refractivity contribution < 1.29 is 14.0 Å². The third-order valence-electron chi connectivity index (χ3n) is 4.42. The van der Waals surface area contributed by atoms with Crippen LogP contribution in [0.3, 0.4) is 0 Å². The number of nitrogens with one attached hydrogen (secondary N) is 1. The van der Waals surface area contributed by atoms with Gasteiger partial charge in [0.2, 0.25) is 0 Å². The SMILES string of the molecule is Cc1cccc(NC(=O)c2ccc3c(c2)/C(=C/c2ccco2)C(=O)C3)c1. The number of aryl methyl sites for hydroxylation is 1. The van der Waals surface area contributed by atoms with E-state index in [9.17, 15) is 9.59 Å². The van der Waals surface area contributed by atoms with Crippen LogP contribution in [0.25, 0.3) is 11.6 Å². The molecule has 26 heavy (non-hydrogen) atoms. The van der Waals surface area contributed by atoms with Crippen molar-refractivity contribution >= 4 is 29.0 Å². The zero-order chi connectivity index (χ0) is 18.1. The van der Waals surface area contributed by atoms with E-state index in [2.05, 4.69) is 5.32 Å². The number of ketones is 1. The first-order valence-electron chi connectivity index (χ1n) is 8.40. The van der Waals surface area contributed by atoms with Crippen molar-refractivity contribution in [2.45, 2.75) is 13.3 Å². The van der Waals surface area contributed by atoms with Crippen molar-refractivity contribution in [3.8, 4) is 0 Å². The minimum Gasteiger partial charge on any atom is -0.465 e. The van der Waals surface area contributed by atoms with Gasteiger partial charge in [-0.05, 0) is 66.1 Å². The van der Waals surface area contributed by atoms with Crippen LogP contribution in [0, 0.1) is 6.92 Å². The lowest BCUT2D eigenvalue weighted by atomic mass is 10.0. The molecule has 0 spiro atoms. The number of rotatable bonds is 3. The first kappa shape index (κ1) is 16.1. The summed E-state index contributed by atoms with van der Waals surface area (Å²) in [6.45, 7) is 1.97. The number of carbonyl (C=O) groups is 2. The van der Waals surface area contributed by atoms with Crippen LogP contribution < -0.4 is 5.32 Å². The fourth-order valence-corrected chi connectivity index (χ4v) is 3.14. The lowest BCUT2D eigenvalue weighted by Gasteiger charge is -2.08. The average molecular weight is 343 g/mol. The predicted molar refractivity (Wildman–Crippen MR) is 101 cm³/mol. The number of fused-ring (bicyclic) bond motifs is 1. The Labute approximate surface area is 151 Å². The van der Waals surface area contributed by atoms with Crippen LogP contribution in [0.4, 0.5) is 5.69 Å². The lowest BCUT2D eigenvalue weighted by Crippen LogP contribution is -2.12. The van der Waals surface area contributed by atoms with E-state index in [1.165, 1.54) is 0 Å². The fraction of sp³-hybridized carbons (Fsp3) is 0.0909. The molecule has 1 aromatic heterocycles. The topological polar surface area (TPSA) is 59.3 Å². The highest BCUT2D eigenvalue weighted by atomic mass is 16.3. The summed E-state index contributed by atoms with van der Waals surface area (Å²) in [5, 5.41) is 2.90. The van der Waals surface area contributed by atoms with E-state index in [-0.39, 0.29) is 11.7 Å². The Balaban J connectivity index is 1.65. The molecule has 0 fully saturated rings. The Morgan fingerprint density at radius 2 is 2.00 bits per heavy atom. The van der Waals surface area contributed by atoms with E-state index in [4.69, 9.17) is 4.42 Å². The van der Waals surface area contributed by atoms with Gasteiger partial charge >= 0.3 is 0 Å².